The van der Waals surface area contributed by atoms with Crippen LogP contribution in [0, 0.1) is 0 Å². The van der Waals surface area contributed by atoms with Gasteiger partial charge in [0.25, 0.3) is 0 Å². The number of pyridine rings is 2. The average molecular weight is 392 g/mol. The lowest BCUT2D eigenvalue weighted by molar-refractivity contribution is -0.125. The van der Waals surface area contributed by atoms with Crippen LogP contribution in [-0.2, 0) is 23.3 Å². The van der Waals surface area contributed by atoms with Gasteiger partial charge in [-0.3, -0.25) is 20.1 Å². The summed E-state index contributed by atoms with van der Waals surface area (Å²) in [7, 11) is 3.13. The third kappa shape index (κ3) is 4.52. The molecule has 0 radical (unpaired) electrons. The van der Waals surface area contributed by atoms with Crippen molar-refractivity contribution in [1.29, 1.82) is 0 Å². The van der Waals surface area contributed by atoms with Crippen LogP contribution in [-0.4, -0.2) is 30.1 Å². The number of benzene rings is 1. The lowest BCUT2D eigenvalue weighted by Crippen LogP contribution is -2.54. The van der Waals surface area contributed by atoms with Crippen molar-refractivity contribution >= 4 is 5.91 Å². The van der Waals surface area contributed by atoms with Crippen LogP contribution in [0.1, 0.15) is 16.7 Å². The molecule has 2 aromatic heterocycles. The Morgan fingerprint density at radius 1 is 0.966 bits per heavy atom. The van der Waals surface area contributed by atoms with Crippen LogP contribution in [0.2, 0.25) is 0 Å². The zero-order chi connectivity index (χ0) is 20.7. The fraction of sp³-hybridized carbons (Fsp3) is 0.227. The molecule has 0 aliphatic rings. The van der Waals surface area contributed by atoms with E-state index in [9.17, 15) is 4.79 Å². The van der Waals surface area contributed by atoms with Crippen molar-refractivity contribution in [3.05, 3.63) is 83.9 Å². The van der Waals surface area contributed by atoms with Gasteiger partial charge < -0.3 is 15.2 Å². The Bertz CT molecular complexity index is 951. The Kier molecular flexibility index (Phi) is 6.41. The van der Waals surface area contributed by atoms with Crippen LogP contribution in [0.5, 0.6) is 11.5 Å². The van der Waals surface area contributed by atoms with E-state index in [1.807, 2.05) is 30.3 Å². The number of hydrogen-bond acceptors (Lipinski definition) is 6. The first-order chi connectivity index (χ1) is 14.1. The Morgan fingerprint density at radius 3 is 2.14 bits per heavy atom. The first kappa shape index (κ1) is 20.3. The van der Waals surface area contributed by atoms with E-state index in [-0.39, 0.29) is 0 Å². The molecule has 150 valence electrons. The summed E-state index contributed by atoms with van der Waals surface area (Å²) < 4.78 is 10.9. The van der Waals surface area contributed by atoms with E-state index in [4.69, 9.17) is 15.2 Å². The predicted molar refractivity (Wildman–Crippen MR) is 109 cm³/mol. The number of nitrogens with zero attached hydrogens (tertiary/aromatic N) is 2. The van der Waals surface area contributed by atoms with Crippen LogP contribution in [0.4, 0.5) is 0 Å². The second kappa shape index (κ2) is 9.16. The number of carbonyl (C=O) groups excluding carboxylic acids is 1. The number of carbonyl (C=O) groups is 1. The van der Waals surface area contributed by atoms with Crippen molar-refractivity contribution in [1.82, 2.24) is 15.3 Å². The normalized spacial score (nSPS) is 12.8. The Balaban J connectivity index is 2.09. The summed E-state index contributed by atoms with van der Waals surface area (Å²) in [6.07, 6.45) is 7.13. The number of nitrogens with two attached hydrogens (primary N) is 1. The molecule has 0 spiro atoms. The molecule has 7 heteroatoms. The minimum Gasteiger partial charge on any atom is -0.497 e. The highest BCUT2D eigenvalue weighted by molar-refractivity contribution is 5.87. The van der Waals surface area contributed by atoms with Gasteiger partial charge in [0.2, 0.25) is 5.91 Å². The number of amides is 1. The number of ether oxygens (including phenoxy) is 2. The molecule has 0 fully saturated rings. The van der Waals surface area contributed by atoms with Crippen molar-refractivity contribution in [2.45, 2.75) is 18.5 Å². The number of aromatic nitrogens is 2. The minimum atomic E-state index is -1.21. The maximum atomic E-state index is 12.9. The molecule has 2 heterocycles. The maximum Gasteiger partial charge on any atom is 0.242 e. The molecular weight excluding hydrogens is 368 g/mol. The van der Waals surface area contributed by atoms with Crippen molar-refractivity contribution < 1.29 is 14.3 Å². The highest BCUT2D eigenvalue weighted by atomic mass is 16.5. The van der Waals surface area contributed by atoms with E-state index in [0.29, 0.717) is 30.0 Å². The topological polar surface area (TPSA) is 99.4 Å². The molecule has 0 saturated heterocycles. The summed E-state index contributed by atoms with van der Waals surface area (Å²) in [5, 5.41) is 3.38. The number of primary amides is 1. The molecule has 1 aromatic carbocycles. The Hall–Kier alpha value is -3.45. The van der Waals surface area contributed by atoms with Crippen molar-refractivity contribution in [3.63, 3.8) is 0 Å². The molecular formula is C22H24N4O3. The first-order valence-corrected chi connectivity index (χ1v) is 9.14. The molecule has 29 heavy (non-hydrogen) atoms. The molecule has 1 atom stereocenters. The molecule has 0 saturated carbocycles. The van der Waals surface area contributed by atoms with Crippen molar-refractivity contribution in [2.24, 2.45) is 5.73 Å². The third-order valence-electron chi connectivity index (χ3n) is 4.85. The van der Waals surface area contributed by atoms with Gasteiger partial charge in [-0.15, -0.1) is 0 Å². The van der Waals surface area contributed by atoms with Crippen LogP contribution < -0.4 is 20.5 Å². The summed E-state index contributed by atoms with van der Waals surface area (Å²) in [6, 6.07) is 12.8. The summed E-state index contributed by atoms with van der Waals surface area (Å²) in [6.45, 7) is 0.422. The van der Waals surface area contributed by atoms with Crippen LogP contribution in [0.3, 0.4) is 0 Å². The van der Waals surface area contributed by atoms with Crippen molar-refractivity contribution in [3.8, 4) is 11.5 Å². The van der Waals surface area contributed by atoms with Gasteiger partial charge in [-0.25, -0.2) is 0 Å². The second-order valence-electron chi connectivity index (χ2n) is 6.58. The molecule has 0 aliphatic carbocycles. The quantitative estimate of drug-likeness (QED) is 0.579. The lowest BCUT2D eigenvalue weighted by Gasteiger charge is -2.34. The smallest absolute Gasteiger partial charge is 0.242 e. The van der Waals surface area contributed by atoms with Gasteiger partial charge >= 0.3 is 0 Å². The molecule has 7 nitrogen and oxygen atoms in total. The second-order valence-corrected chi connectivity index (χ2v) is 6.58. The van der Waals surface area contributed by atoms with Gasteiger partial charge in [0.1, 0.15) is 17.0 Å². The van der Waals surface area contributed by atoms with Gasteiger partial charge in [-0.05, 0) is 47.5 Å². The SMILES string of the molecule is COc1ccc(C(Cc2ccncc2)(NCc2ccncc2)C(N)=O)c(OC)c1. The molecule has 0 aliphatic heterocycles. The minimum absolute atomic E-state index is 0.332. The van der Waals surface area contributed by atoms with E-state index in [0.717, 1.165) is 11.1 Å². The Morgan fingerprint density at radius 2 is 1.59 bits per heavy atom. The lowest BCUT2D eigenvalue weighted by atomic mass is 9.82. The number of nitrogens with one attached hydrogen (secondary N) is 1. The van der Waals surface area contributed by atoms with Crippen molar-refractivity contribution in [2.75, 3.05) is 14.2 Å². The van der Waals surface area contributed by atoms with Gasteiger partial charge in [-0.2, -0.15) is 0 Å². The average Bonchev–Trinajstić information content (AvgIpc) is 2.77. The molecule has 1 amide bonds. The van der Waals surface area contributed by atoms with E-state index in [1.54, 1.807) is 51.1 Å². The zero-order valence-electron chi connectivity index (χ0n) is 16.5. The van der Waals surface area contributed by atoms with Gasteiger partial charge in [0, 0.05) is 49.4 Å². The van der Waals surface area contributed by atoms with E-state index in [2.05, 4.69) is 15.3 Å². The van der Waals surface area contributed by atoms with Crippen LogP contribution in [0.15, 0.2) is 67.3 Å². The van der Waals surface area contributed by atoms with E-state index >= 15 is 0 Å². The van der Waals surface area contributed by atoms with Gasteiger partial charge in [-0.1, -0.05) is 0 Å². The first-order valence-electron chi connectivity index (χ1n) is 9.14. The highest BCUT2D eigenvalue weighted by Crippen LogP contribution is 2.36. The van der Waals surface area contributed by atoms with Gasteiger partial charge in [0.05, 0.1) is 14.2 Å². The standard InChI is InChI=1S/C22H24N4O3/c1-28-18-3-4-19(20(13-18)29-2)22(21(23)27,14-16-5-9-24-10-6-16)26-15-17-7-11-25-12-8-17/h3-13,26H,14-15H2,1-2H3,(H2,23,27). The highest BCUT2D eigenvalue weighted by Gasteiger charge is 2.41. The summed E-state index contributed by atoms with van der Waals surface area (Å²) >= 11 is 0. The largest absolute Gasteiger partial charge is 0.497 e. The summed E-state index contributed by atoms with van der Waals surface area (Å²) in [4.78, 5) is 21.0. The zero-order valence-corrected chi connectivity index (χ0v) is 16.5. The number of hydrogen-bond donors (Lipinski definition) is 2. The molecule has 3 N–H and O–H groups in total. The van der Waals surface area contributed by atoms with Gasteiger partial charge in [0.15, 0.2) is 0 Å². The number of methoxy groups -OCH3 is 2. The number of rotatable bonds is 9. The van der Waals surface area contributed by atoms with Crippen LogP contribution in [0.25, 0.3) is 0 Å². The third-order valence-corrected chi connectivity index (χ3v) is 4.85. The van der Waals surface area contributed by atoms with E-state index in [1.165, 1.54) is 0 Å². The molecule has 3 rings (SSSR count). The fourth-order valence-electron chi connectivity index (χ4n) is 3.27. The van der Waals surface area contributed by atoms with Crippen LogP contribution >= 0.6 is 0 Å². The fourth-order valence-corrected chi connectivity index (χ4v) is 3.27. The van der Waals surface area contributed by atoms with E-state index < -0.39 is 11.4 Å². The monoisotopic (exact) mass is 392 g/mol. The molecule has 3 aromatic rings. The predicted octanol–water partition coefficient (Wildman–Crippen LogP) is 2.21. The Labute approximate surface area is 169 Å². The summed E-state index contributed by atoms with van der Waals surface area (Å²) in [5.74, 6) is 0.633. The summed E-state index contributed by atoms with van der Waals surface area (Å²) in [5.41, 5.74) is 7.32. The molecule has 1 unspecified atom stereocenters. The maximum absolute atomic E-state index is 12.9. The molecule has 0 bridgehead atoms.